The van der Waals surface area contributed by atoms with Gasteiger partial charge in [0.15, 0.2) is 0 Å². The third-order valence-electron chi connectivity index (χ3n) is 4.65. The van der Waals surface area contributed by atoms with Crippen molar-refractivity contribution in [1.29, 1.82) is 0 Å². The van der Waals surface area contributed by atoms with Gasteiger partial charge in [-0.15, -0.1) is 0 Å². The van der Waals surface area contributed by atoms with Crippen molar-refractivity contribution < 1.29 is 4.39 Å². The first-order valence-corrected chi connectivity index (χ1v) is 6.93. The van der Waals surface area contributed by atoms with Gasteiger partial charge >= 0.3 is 0 Å². The maximum atomic E-state index is 13.3. The first-order valence-electron chi connectivity index (χ1n) is 6.93. The van der Waals surface area contributed by atoms with Crippen LogP contribution in [0.2, 0.25) is 0 Å². The van der Waals surface area contributed by atoms with Crippen LogP contribution in [0.5, 0.6) is 0 Å². The Kier molecular flexibility index (Phi) is 3.76. The van der Waals surface area contributed by atoms with Gasteiger partial charge in [-0.2, -0.15) is 0 Å². The molecule has 1 aliphatic carbocycles. The van der Waals surface area contributed by atoms with E-state index in [1.165, 1.54) is 12.5 Å². The fraction of sp³-hybridized carbons (Fsp3) is 0.625. The van der Waals surface area contributed by atoms with Gasteiger partial charge in [-0.1, -0.05) is 19.9 Å². The summed E-state index contributed by atoms with van der Waals surface area (Å²) in [6.45, 7) is 6.62. The summed E-state index contributed by atoms with van der Waals surface area (Å²) in [6.07, 6.45) is 4.08. The third-order valence-corrected chi connectivity index (χ3v) is 4.65. The van der Waals surface area contributed by atoms with E-state index in [1.54, 1.807) is 6.07 Å². The zero-order valence-electron chi connectivity index (χ0n) is 11.7. The van der Waals surface area contributed by atoms with Crippen molar-refractivity contribution in [2.75, 3.05) is 0 Å². The molecule has 1 nitrogen and oxygen atoms in total. The lowest BCUT2D eigenvalue weighted by molar-refractivity contribution is 0.175. The van der Waals surface area contributed by atoms with Gasteiger partial charge in [0.2, 0.25) is 0 Å². The topological polar surface area (TPSA) is 26.0 Å². The Balaban J connectivity index is 2.15. The van der Waals surface area contributed by atoms with Gasteiger partial charge < -0.3 is 5.73 Å². The highest BCUT2D eigenvalue weighted by Gasteiger charge is 2.34. The largest absolute Gasteiger partial charge is 0.325 e. The summed E-state index contributed by atoms with van der Waals surface area (Å²) in [4.78, 5) is 0. The van der Waals surface area contributed by atoms with Gasteiger partial charge in [0.05, 0.1) is 0 Å². The fourth-order valence-corrected chi connectivity index (χ4v) is 3.11. The summed E-state index contributed by atoms with van der Waals surface area (Å²) in [5.41, 5.74) is 8.61. The zero-order valence-corrected chi connectivity index (χ0v) is 11.7. The molecular weight excluding hydrogens is 225 g/mol. The lowest BCUT2D eigenvalue weighted by Crippen LogP contribution is -2.47. The Bertz CT molecular complexity index is 429. The second-order valence-corrected chi connectivity index (χ2v) is 6.31. The SMILES string of the molecule is Cc1ccc(F)cc1CC1(N)CCC(C)C(C)C1. The van der Waals surface area contributed by atoms with E-state index in [0.717, 1.165) is 36.3 Å². The molecule has 1 fully saturated rings. The van der Waals surface area contributed by atoms with E-state index in [0.29, 0.717) is 5.92 Å². The van der Waals surface area contributed by atoms with Gasteiger partial charge in [0, 0.05) is 5.54 Å². The van der Waals surface area contributed by atoms with E-state index in [2.05, 4.69) is 13.8 Å². The minimum atomic E-state index is -0.156. The average Bonchev–Trinajstić information content (AvgIpc) is 2.29. The Morgan fingerprint density at radius 3 is 2.72 bits per heavy atom. The molecule has 0 aliphatic heterocycles. The number of halogens is 1. The predicted molar refractivity (Wildman–Crippen MR) is 73.9 cm³/mol. The summed E-state index contributed by atoms with van der Waals surface area (Å²) in [5.74, 6) is 1.27. The highest BCUT2D eigenvalue weighted by molar-refractivity contribution is 5.28. The Labute approximate surface area is 110 Å². The van der Waals surface area contributed by atoms with Crippen molar-refractivity contribution in [2.45, 2.75) is 52.0 Å². The minimum Gasteiger partial charge on any atom is -0.325 e. The van der Waals surface area contributed by atoms with Crippen LogP contribution in [0, 0.1) is 24.6 Å². The lowest BCUT2D eigenvalue weighted by atomic mass is 9.69. The highest BCUT2D eigenvalue weighted by atomic mass is 19.1. The van der Waals surface area contributed by atoms with Crippen LogP contribution in [0.4, 0.5) is 4.39 Å². The quantitative estimate of drug-likeness (QED) is 0.847. The molecule has 1 saturated carbocycles. The summed E-state index contributed by atoms with van der Waals surface area (Å²) in [5, 5.41) is 0. The molecule has 2 N–H and O–H groups in total. The van der Waals surface area contributed by atoms with Crippen molar-refractivity contribution in [3.8, 4) is 0 Å². The van der Waals surface area contributed by atoms with E-state index in [4.69, 9.17) is 5.73 Å². The smallest absolute Gasteiger partial charge is 0.123 e. The number of nitrogens with two attached hydrogens (primary N) is 1. The van der Waals surface area contributed by atoms with Crippen molar-refractivity contribution in [3.63, 3.8) is 0 Å². The predicted octanol–water partition coefficient (Wildman–Crippen LogP) is 3.83. The van der Waals surface area contributed by atoms with Crippen LogP contribution in [0.15, 0.2) is 18.2 Å². The Morgan fingerprint density at radius 2 is 2.06 bits per heavy atom. The van der Waals surface area contributed by atoms with Gasteiger partial charge in [-0.3, -0.25) is 0 Å². The molecule has 0 bridgehead atoms. The molecule has 0 aromatic heterocycles. The van der Waals surface area contributed by atoms with E-state index in [-0.39, 0.29) is 11.4 Å². The molecule has 3 atom stereocenters. The molecule has 1 aromatic rings. The van der Waals surface area contributed by atoms with Crippen LogP contribution in [-0.2, 0) is 6.42 Å². The first kappa shape index (κ1) is 13.5. The molecule has 0 spiro atoms. The van der Waals surface area contributed by atoms with Gasteiger partial charge in [0.1, 0.15) is 5.82 Å². The fourth-order valence-electron chi connectivity index (χ4n) is 3.11. The van der Waals surface area contributed by atoms with Crippen molar-refractivity contribution in [2.24, 2.45) is 17.6 Å². The van der Waals surface area contributed by atoms with E-state index in [1.807, 2.05) is 13.0 Å². The second kappa shape index (κ2) is 5.00. The molecule has 0 saturated heterocycles. The third kappa shape index (κ3) is 2.92. The highest BCUT2D eigenvalue weighted by Crippen LogP contribution is 2.37. The molecule has 2 heteroatoms. The van der Waals surface area contributed by atoms with Gasteiger partial charge in [-0.25, -0.2) is 4.39 Å². The van der Waals surface area contributed by atoms with Gasteiger partial charge in [0.25, 0.3) is 0 Å². The van der Waals surface area contributed by atoms with Crippen LogP contribution < -0.4 is 5.73 Å². The number of hydrogen-bond donors (Lipinski definition) is 1. The summed E-state index contributed by atoms with van der Waals surface area (Å²) < 4.78 is 13.3. The van der Waals surface area contributed by atoms with E-state index < -0.39 is 0 Å². The summed E-state index contributed by atoms with van der Waals surface area (Å²) in [7, 11) is 0. The summed E-state index contributed by atoms with van der Waals surface area (Å²) in [6, 6.07) is 5.02. The Hall–Kier alpha value is -0.890. The molecule has 18 heavy (non-hydrogen) atoms. The van der Waals surface area contributed by atoms with E-state index in [9.17, 15) is 4.39 Å². The van der Waals surface area contributed by atoms with Crippen molar-refractivity contribution in [3.05, 3.63) is 35.1 Å². The second-order valence-electron chi connectivity index (χ2n) is 6.31. The standard InChI is InChI=1S/C16H24FN/c1-11-6-7-16(18,9-13(11)3)10-14-8-15(17)5-4-12(14)2/h4-5,8,11,13H,6-7,9-10,18H2,1-3H3. The van der Waals surface area contributed by atoms with Crippen LogP contribution >= 0.6 is 0 Å². The normalized spacial score (nSPS) is 32.5. The Morgan fingerprint density at radius 1 is 1.33 bits per heavy atom. The molecule has 100 valence electrons. The van der Waals surface area contributed by atoms with Crippen LogP contribution in [0.25, 0.3) is 0 Å². The van der Waals surface area contributed by atoms with Crippen LogP contribution in [0.3, 0.4) is 0 Å². The number of benzene rings is 1. The van der Waals surface area contributed by atoms with Gasteiger partial charge in [-0.05, 0) is 67.7 Å². The number of aryl methyl sites for hydroxylation is 1. The molecule has 0 amide bonds. The van der Waals surface area contributed by atoms with Crippen molar-refractivity contribution in [1.82, 2.24) is 0 Å². The maximum absolute atomic E-state index is 13.3. The summed E-state index contributed by atoms with van der Waals surface area (Å²) >= 11 is 0. The average molecular weight is 249 g/mol. The molecule has 0 radical (unpaired) electrons. The van der Waals surface area contributed by atoms with Crippen LogP contribution in [-0.4, -0.2) is 5.54 Å². The molecule has 1 aliphatic rings. The van der Waals surface area contributed by atoms with Crippen molar-refractivity contribution >= 4 is 0 Å². The molecule has 0 heterocycles. The first-order chi connectivity index (χ1) is 8.39. The molecule has 2 rings (SSSR count). The lowest BCUT2D eigenvalue weighted by Gasteiger charge is -2.40. The molecule has 1 aromatic carbocycles. The maximum Gasteiger partial charge on any atom is 0.123 e. The molecule has 3 unspecified atom stereocenters. The number of hydrogen-bond acceptors (Lipinski definition) is 1. The molecular formula is C16H24FN. The zero-order chi connectivity index (χ0) is 13.3. The van der Waals surface area contributed by atoms with E-state index >= 15 is 0 Å². The van der Waals surface area contributed by atoms with Crippen LogP contribution in [0.1, 0.15) is 44.2 Å². The number of rotatable bonds is 2. The minimum absolute atomic E-state index is 0.148. The monoisotopic (exact) mass is 249 g/mol.